The molecule has 1 unspecified atom stereocenters. The van der Waals surface area contributed by atoms with Crippen molar-refractivity contribution in [3.63, 3.8) is 0 Å². The van der Waals surface area contributed by atoms with Gasteiger partial charge >= 0.3 is 5.63 Å². The van der Waals surface area contributed by atoms with E-state index in [9.17, 15) is 14.7 Å². The second-order valence-electron chi connectivity index (χ2n) is 7.88. The van der Waals surface area contributed by atoms with Crippen LogP contribution in [-0.4, -0.2) is 10.9 Å². The van der Waals surface area contributed by atoms with Crippen molar-refractivity contribution >= 4 is 5.78 Å². The molecule has 0 radical (unpaired) electrons. The molecule has 0 aromatic carbocycles. The van der Waals surface area contributed by atoms with Gasteiger partial charge < -0.3 is 9.52 Å². The van der Waals surface area contributed by atoms with E-state index in [1.807, 2.05) is 0 Å². The van der Waals surface area contributed by atoms with Crippen LogP contribution in [0.1, 0.15) is 121 Å². The topological polar surface area (TPSA) is 67.5 Å². The molecule has 1 N–H and O–H groups in total. The fourth-order valence-electron chi connectivity index (χ4n) is 3.64. The third-order valence-electron chi connectivity index (χ3n) is 5.46. The Morgan fingerprint density at radius 2 is 1.43 bits per heavy atom. The largest absolute Gasteiger partial charge is 0.507 e. The fraction of sp³-hybridized carbons (Fsp3) is 0.750. The van der Waals surface area contributed by atoms with Crippen LogP contribution < -0.4 is 5.63 Å². The third kappa shape index (κ3) is 7.10. The lowest BCUT2D eigenvalue weighted by Crippen LogP contribution is -2.20. The summed E-state index contributed by atoms with van der Waals surface area (Å²) >= 11 is 0. The maximum atomic E-state index is 13.0. The van der Waals surface area contributed by atoms with Gasteiger partial charge in [0.05, 0.1) is 11.5 Å². The minimum absolute atomic E-state index is 0.0796. The summed E-state index contributed by atoms with van der Waals surface area (Å²) in [5.74, 6) is 0.244. The minimum Gasteiger partial charge on any atom is -0.507 e. The van der Waals surface area contributed by atoms with Gasteiger partial charge in [-0.1, -0.05) is 66.2 Å². The zero-order valence-electron chi connectivity index (χ0n) is 18.4. The van der Waals surface area contributed by atoms with Crippen LogP contribution in [0, 0.1) is 0 Å². The highest BCUT2D eigenvalue weighted by atomic mass is 16.4. The molecule has 1 heterocycles. The summed E-state index contributed by atoms with van der Waals surface area (Å²) in [4.78, 5) is 25.6. The number of unbranched alkanes of at least 4 members (excludes halogenated alkanes) is 5. The van der Waals surface area contributed by atoms with Crippen molar-refractivity contribution in [2.24, 2.45) is 0 Å². The predicted molar refractivity (Wildman–Crippen MR) is 115 cm³/mol. The number of carbonyl (C=O) groups is 1. The SMILES string of the molecule is CCCCCC(=O)C(CCCC)c1oc(=O)c(CCCC)c(O)c1CCCC. The Bertz CT molecular complexity index is 645. The third-order valence-corrected chi connectivity index (χ3v) is 5.46. The van der Waals surface area contributed by atoms with E-state index in [1.165, 1.54) is 0 Å². The number of carbonyl (C=O) groups excluding carboxylic acids is 1. The van der Waals surface area contributed by atoms with Crippen LogP contribution in [0.3, 0.4) is 0 Å². The number of Topliss-reactive ketones (excluding diaryl/α,β-unsaturated/α-hetero) is 1. The Labute approximate surface area is 170 Å². The summed E-state index contributed by atoms with van der Waals surface area (Å²) in [7, 11) is 0. The van der Waals surface area contributed by atoms with E-state index in [2.05, 4.69) is 27.7 Å². The fourth-order valence-corrected chi connectivity index (χ4v) is 3.64. The zero-order chi connectivity index (χ0) is 20.9. The minimum atomic E-state index is -0.468. The molecule has 0 aliphatic rings. The van der Waals surface area contributed by atoms with Crippen molar-refractivity contribution in [3.8, 4) is 5.75 Å². The molecule has 0 bridgehead atoms. The van der Waals surface area contributed by atoms with Crippen LogP contribution in [0.4, 0.5) is 0 Å². The standard InChI is InChI=1S/C24H40O4/c1-5-9-13-17-21(25)18(14-10-6-2)23-19(15-11-7-3)22(26)20(16-12-8-4)24(27)28-23/h18,26H,5-17H2,1-4H3. The van der Waals surface area contributed by atoms with E-state index in [0.29, 0.717) is 42.6 Å². The second kappa shape index (κ2) is 13.6. The molecule has 4 nitrogen and oxygen atoms in total. The van der Waals surface area contributed by atoms with Gasteiger partial charge in [-0.3, -0.25) is 4.79 Å². The van der Waals surface area contributed by atoms with Crippen molar-refractivity contribution in [1.29, 1.82) is 0 Å². The van der Waals surface area contributed by atoms with Crippen molar-refractivity contribution < 1.29 is 14.3 Å². The second-order valence-corrected chi connectivity index (χ2v) is 7.88. The average molecular weight is 393 g/mol. The molecule has 0 fully saturated rings. The number of hydrogen-bond acceptors (Lipinski definition) is 4. The van der Waals surface area contributed by atoms with Gasteiger partial charge in [0, 0.05) is 12.0 Å². The Morgan fingerprint density at radius 1 is 0.857 bits per heavy atom. The average Bonchev–Trinajstić information content (AvgIpc) is 2.68. The van der Waals surface area contributed by atoms with Gasteiger partial charge in [-0.15, -0.1) is 0 Å². The molecule has 4 heteroatoms. The van der Waals surface area contributed by atoms with E-state index < -0.39 is 11.5 Å². The lowest BCUT2D eigenvalue weighted by atomic mass is 9.87. The van der Waals surface area contributed by atoms with Crippen LogP contribution in [0.2, 0.25) is 0 Å². The van der Waals surface area contributed by atoms with E-state index in [-0.39, 0.29) is 11.5 Å². The van der Waals surface area contributed by atoms with Gasteiger partial charge in [-0.25, -0.2) is 4.79 Å². The van der Waals surface area contributed by atoms with Crippen molar-refractivity contribution in [1.82, 2.24) is 0 Å². The molecule has 160 valence electrons. The quantitative estimate of drug-likeness (QED) is 0.348. The normalized spacial score (nSPS) is 12.3. The Kier molecular flexibility index (Phi) is 11.9. The molecule has 28 heavy (non-hydrogen) atoms. The summed E-state index contributed by atoms with van der Waals surface area (Å²) in [5, 5.41) is 10.9. The summed E-state index contributed by atoms with van der Waals surface area (Å²) in [6, 6.07) is 0. The van der Waals surface area contributed by atoms with Gasteiger partial charge in [-0.2, -0.15) is 0 Å². The molecule has 1 atom stereocenters. The Morgan fingerprint density at radius 3 is 2.00 bits per heavy atom. The zero-order valence-corrected chi connectivity index (χ0v) is 18.4. The van der Waals surface area contributed by atoms with Crippen LogP contribution in [0.15, 0.2) is 9.21 Å². The van der Waals surface area contributed by atoms with E-state index in [0.717, 1.165) is 57.8 Å². The molecule has 0 saturated carbocycles. The first-order valence-electron chi connectivity index (χ1n) is 11.4. The molecule has 0 spiro atoms. The number of rotatable bonds is 15. The molecule has 0 aliphatic carbocycles. The van der Waals surface area contributed by atoms with Crippen molar-refractivity contribution in [2.75, 3.05) is 0 Å². The lowest BCUT2D eigenvalue weighted by molar-refractivity contribution is -0.121. The molecule has 0 amide bonds. The Balaban J connectivity index is 3.35. The molecule has 1 aromatic rings. The maximum Gasteiger partial charge on any atom is 0.342 e. The van der Waals surface area contributed by atoms with Gasteiger partial charge in [0.25, 0.3) is 0 Å². The predicted octanol–water partition coefficient (Wildman–Crippen LogP) is 6.45. The van der Waals surface area contributed by atoms with Gasteiger partial charge in [0.1, 0.15) is 17.3 Å². The molecule has 1 rings (SSSR count). The van der Waals surface area contributed by atoms with Crippen LogP contribution in [-0.2, 0) is 17.6 Å². The van der Waals surface area contributed by atoms with Gasteiger partial charge in [-0.05, 0) is 38.5 Å². The highest BCUT2D eigenvalue weighted by molar-refractivity contribution is 5.85. The van der Waals surface area contributed by atoms with E-state index in [1.54, 1.807) is 0 Å². The van der Waals surface area contributed by atoms with E-state index >= 15 is 0 Å². The molecule has 1 aromatic heterocycles. The molecule has 0 aliphatic heterocycles. The summed E-state index contributed by atoms with van der Waals surface area (Å²) < 4.78 is 5.76. The molecular weight excluding hydrogens is 352 g/mol. The van der Waals surface area contributed by atoms with Gasteiger partial charge in [0.15, 0.2) is 0 Å². The monoisotopic (exact) mass is 392 g/mol. The maximum absolute atomic E-state index is 13.0. The summed E-state index contributed by atoms with van der Waals surface area (Å²) in [6.45, 7) is 8.37. The van der Waals surface area contributed by atoms with Crippen LogP contribution in [0.25, 0.3) is 0 Å². The number of hydrogen-bond donors (Lipinski definition) is 1. The summed E-state index contributed by atoms with van der Waals surface area (Å²) in [6.07, 6.45) is 10.9. The highest BCUT2D eigenvalue weighted by Gasteiger charge is 2.29. The highest BCUT2D eigenvalue weighted by Crippen LogP contribution is 2.34. The summed E-state index contributed by atoms with van der Waals surface area (Å²) in [5.41, 5.74) is 0.603. The first-order valence-corrected chi connectivity index (χ1v) is 11.4. The van der Waals surface area contributed by atoms with Crippen molar-refractivity contribution in [3.05, 3.63) is 27.3 Å². The van der Waals surface area contributed by atoms with Crippen LogP contribution >= 0.6 is 0 Å². The molecular formula is C24H40O4. The van der Waals surface area contributed by atoms with Gasteiger partial charge in [0.2, 0.25) is 0 Å². The first kappa shape index (κ1) is 24.5. The number of aromatic hydroxyl groups is 1. The van der Waals surface area contributed by atoms with E-state index in [4.69, 9.17) is 4.42 Å². The van der Waals surface area contributed by atoms with Crippen molar-refractivity contribution in [2.45, 2.75) is 117 Å². The smallest absolute Gasteiger partial charge is 0.342 e. The Hall–Kier alpha value is -1.58. The number of ketones is 1. The first-order chi connectivity index (χ1) is 13.5. The molecule has 0 saturated heterocycles. The van der Waals surface area contributed by atoms with Crippen LogP contribution in [0.5, 0.6) is 5.75 Å². The lowest BCUT2D eigenvalue weighted by Gasteiger charge is -2.20.